The number of nitrogens with zero attached hydrogens (tertiary/aromatic N) is 4. The Kier molecular flexibility index (Phi) is 7.72. The van der Waals surface area contributed by atoms with E-state index in [-0.39, 0.29) is 51.0 Å². The molecule has 0 spiro atoms. The third-order valence-electron chi connectivity index (χ3n) is 11.7. The quantitative estimate of drug-likeness (QED) is 0.136. The van der Waals surface area contributed by atoms with Gasteiger partial charge in [-0.1, -0.05) is 152 Å². The van der Waals surface area contributed by atoms with E-state index in [1.807, 2.05) is 60.8 Å². The van der Waals surface area contributed by atoms with E-state index in [1.54, 1.807) is 53.3 Å². The van der Waals surface area contributed by atoms with Gasteiger partial charge in [-0.2, -0.15) is 0 Å². The lowest BCUT2D eigenvalue weighted by atomic mass is 9.86. The number of hydrogen-bond donors (Lipinski definition) is 0. The first-order chi connectivity index (χ1) is 35.8. The fraction of sp³-hybridized carbons (Fsp3) is 0.200. The molecule has 3 heterocycles. The summed E-state index contributed by atoms with van der Waals surface area (Å²) in [6.45, 7) is 16.4. The van der Waals surface area contributed by atoms with Crippen molar-refractivity contribution in [2.75, 3.05) is 0 Å². The van der Waals surface area contributed by atoms with Crippen LogP contribution in [0.25, 0.3) is 49.9 Å². The Morgan fingerprint density at radius 3 is 2.09 bits per heavy atom. The highest BCUT2D eigenvalue weighted by atomic mass is 16.5. The van der Waals surface area contributed by atoms with Crippen LogP contribution in [0.15, 0.2) is 176 Å². The van der Waals surface area contributed by atoms with Gasteiger partial charge in [0.25, 0.3) is 5.69 Å². The Labute approximate surface area is 398 Å². The van der Waals surface area contributed by atoms with Crippen molar-refractivity contribution in [3.8, 4) is 39.6 Å². The lowest BCUT2D eigenvalue weighted by Gasteiger charge is -2.20. The van der Waals surface area contributed by atoms with Crippen LogP contribution < -0.4 is 13.9 Å². The molecule has 320 valence electrons. The van der Waals surface area contributed by atoms with E-state index in [2.05, 4.69) is 76.4 Å². The lowest BCUT2D eigenvalue weighted by Crippen LogP contribution is -2.12. The number of para-hydroxylation sites is 3. The molecule has 0 bridgehead atoms. The van der Waals surface area contributed by atoms with Crippen LogP contribution in [0.4, 0.5) is 22.7 Å². The molecule has 0 fully saturated rings. The number of aromatic nitrogens is 2. The van der Waals surface area contributed by atoms with E-state index in [1.165, 1.54) is 6.07 Å². The summed E-state index contributed by atoms with van der Waals surface area (Å²) >= 11 is 0. The molecule has 10 rings (SSSR count). The zero-order chi connectivity index (χ0) is 54.7. The fourth-order valence-electron chi connectivity index (χ4n) is 8.54. The predicted molar refractivity (Wildman–Crippen MR) is 273 cm³/mol. The maximum absolute atomic E-state index is 9.62. The molecule has 0 atom stereocenters. The van der Waals surface area contributed by atoms with Gasteiger partial charge >= 0.3 is 11.7 Å². The Bertz CT molecular complexity index is 3960. The third kappa shape index (κ3) is 7.87. The second-order valence-electron chi connectivity index (χ2n) is 18.8. The number of ether oxygens (including phenoxy) is 1. The molecule has 65 heavy (non-hydrogen) atoms. The van der Waals surface area contributed by atoms with E-state index in [0.29, 0.717) is 28.6 Å². The second kappa shape index (κ2) is 16.3. The summed E-state index contributed by atoms with van der Waals surface area (Å²) in [6, 6.07) is 34.9. The van der Waals surface area contributed by atoms with Gasteiger partial charge in [0.05, 0.1) is 40.6 Å². The molecule has 0 saturated carbocycles. The molecule has 0 amide bonds. The standard InChI is InChI=1S/C60H56N4O/c1-40(2)33-43-23-17-28-54-57(43)63(58-49(41-19-11-9-12-20-41)25-18-26-50(58)42-21-13-10-14-22-42)39-62(54)46-34-45(60(6,7)8)35-48(37-46)65-47-29-30-52-51-24-15-16-27-53(51)64(55(52)38-47)56-36-44(31-32-61-56)59(3,4)5/h9-32,34-38,40H,33H2,1-8H3/q+2/i9D,10D,11D,12D,13D,19D,20D,21D,22D,33D2. The van der Waals surface area contributed by atoms with E-state index in [4.69, 9.17) is 16.6 Å². The smallest absolute Gasteiger partial charge is 0.457 e. The van der Waals surface area contributed by atoms with Crippen molar-refractivity contribution in [2.24, 2.45) is 5.92 Å². The van der Waals surface area contributed by atoms with Crippen LogP contribution in [-0.4, -0.2) is 15.6 Å². The summed E-state index contributed by atoms with van der Waals surface area (Å²) in [7, 11) is 0. The summed E-state index contributed by atoms with van der Waals surface area (Å²) in [5, 5.41) is 2.09. The number of rotatable bonds is 9. The Morgan fingerprint density at radius 1 is 0.631 bits per heavy atom. The van der Waals surface area contributed by atoms with Gasteiger partial charge in [-0.05, 0) is 103 Å². The van der Waals surface area contributed by atoms with Crippen molar-refractivity contribution in [2.45, 2.75) is 72.6 Å². The predicted octanol–water partition coefficient (Wildman–Crippen LogP) is 16.0. The Hall–Kier alpha value is -7.33. The zero-order valence-electron chi connectivity index (χ0n) is 48.8. The van der Waals surface area contributed by atoms with Crippen LogP contribution in [0.5, 0.6) is 11.5 Å². The first kappa shape index (κ1) is 30.7. The topological polar surface area (TPSA) is 33.1 Å². The normalized spacial score (nSPS) is 15.4. The van der Waals surface area contributed by atoms with E-state index in [0.717, 1.165) is 38.8 Å². The van der Waals surface area contributed by atoms with Crippen molar-refractivity contribution in [3.05, 3.63) is 193 Å². The highest BCUT2D eigenvalue weighted by Crippen LogP contribution is 2.47. The minimum Gasteiger partial charge on any atom is -0.457 e. The van der Waals surface area contributed by atoms with Gasteiger partial charge < -0.3 is 4.74 Å². The molecule has 0 N–H and O–H groups in total. The molecule has 0 unspecified atom stereocenters. The maximum atomic E-state index is 9.62. The van der Waals surface area contributed by atoms with Gasteiger partial charge in [-0.3, -0.25) is 4.57 Å². The summed E-state index contributed by atoms with van der Waals surface area (Å²) in [4.78, 5) is 4.87. The van der Waals surface area contributed by atoms with Crippen molar-refractivity contribution >= 4 is 50.6 Å². The zero-order valence-corrected chi connectivity index (χ0v) is 37.8. The number of pyridine rings is 1. The van der Waals surface area contributed by atoms with Crippen LogP contribution in [0, 0.1) is 5.92 Å². The molecule has 0 aliphatic carbocycles. The number of fused-ring (bicyclic) bond motifs is 4. The molecule has 0 saturated heterocycles. The Balaban J connectivity index is 1.26. The maximum Gasteiger partial charge on any atom is 0.503 e. The van der Waals surface area contributed by atoms with E-state index < -0.39 is 60.0 Å². The van der Waals surface area contributed by atoms with Gasteiger partial charge in [0.2, 0.25) is 11.4 Å². The van der Waals surface area contributed by atoms with Crippen molar-refractivity contribution < 1.29 is 19.8 Å². The van der Waals surface area contributed by atoms with E-state index >= 15 is 0 Å². The molecule has 2 aromatic heterocycles. The molecule has 1 aliphatic rings. The van der Waals surface area contributed by atoms with E-state index in [9.17, 15) is 8.22 Å². The highest BCUT2D eigenvalue weighted by molar-refractivity contribution is 6.09. The summed E-state index contributed by atoms with van der Waals surface area (Å²) in [6.07, 6.45) is -0.138. The van der Waals surface area contributed by atoms with Crippen LogP contribution in [0.2, 0.25) is 0 Å². The highest BCUT2D eigenvalue weighted by Gasteiger charge is 2.42. The van der Waals surface area contributed by atoms with Gasteiger partial charge in [0, 0.05) is 43.5 Å². The molecule has 1 aliphatic heterocycles. The summed E-state index contributed by atoms with van der Waals surface area (Å²) in [5.41, 5.74) is 5.19. The minimum atomic E-state index is -1.98. The van der Waals surface area contributed by atoms with Crippen molar-refractivity contribution in [3.63, 3.8) is 0 Å². The van der Waals surface area contributed by atoms with Crippen molar-refractivity contribution in [1.29, 1.82) is 0 Å². The van der Waals surface area contributed by atoms with Crippen LogP contribution in [0.1, 0.15) is 87.2 Å². The van der Waals surface area contributed by atoms with Crippen LogP contribution >= 0.6 is 0 Å². The van der Waals surface area contributed by atoms with Crippen molar-refractivity contribution in [1.82, 2.24) is 18.7 Å². The number of benzene rings is 7. The Morgan fingerprint density at radius 2 is 1.34 bits per heavy atom. The molecule has 9 aromatic rings. The fourth-order valence-corrected chi connectivity index (χ4v) is 8.54. The second-order valence-corrected chi connectivity index (χ2v) is 18.8. The SMILES string of the molecule is [2H]c1cc([2H])c(-c2cccc(-c3c([2H])c([2H])c([2H])c([2H])c3[2H])c2[N+]2=C=[N+](c3cc(Oc4ccc5c6ccccc6n(-c6cc(C(C)(C)C)ccn6)c5c4)cc(C(C)(C)C)c3)c3cccc(C([2H])([2H])C(C)C)c32)c([2H])c1[2H]. The minimum absolute atomic E-state index is 0.0459. The molecule has 5 heteroatoms. The lowest BCUT2D eigenvalue weighted by molar-refractivity contribution is 0.479. The largest absolute Gasteiger partial charge is 0.503 e. The molecule has 0 radical (unpaired) electrons. The monoisotopic (exact) mass is 860 g/mol. The molecule has 5 nitrogen and oxygen atoms in total. The van der Waals surface area contributed by atoms with Gasteiger partial charge in [-0.15, -0.1) is 0 Å². The third-order valence-corrected chi connectivity index (χ3v) is 11.7. The number of hydrogen-bond acceptors (Lipinski definition) is 2. The summed E-state index contributed by atoms with van der Waals surface area (Å²) in [5.74, 6) is 1.27. The van der Waals surface area contributed by atoms with Gasteiger partial charge in [0.1, 0.15) is 17.3 Å². The first-order valence-corrected chi connectivity index (χ1v) is 21.9. The van der Waals surface area contributed by atoms with Crippen LogP contribution in [-0.2, 0) is 17.2 Å². The first-order valence-electron chi connectivity index (χ1n) is 27.4. The van der Waals surface area contributed by atoms with Gasteiger partial charge in [0.15, 0.2) is 0 Å². The average Bonchev–Trinajstić information content (AvgIpc) is 3.94. The summed E-state index contributed by atoms with van der Waals surface area (Å²) < 4.78 is 112. The molecular weight excluding hydrogens is 793 g/mol. The van der Waals surface area contributed by atoms with Crippen LogP contribution in [0.3, 0.4) is 0 Å². The molecule has 7 aromatic carbocycles. The average molecular weight is 860 g/mol. The van der Waals surface area contributed by atoms with Gasteiger partial charge in [-0.25, -0.2) is 4.98 Å². The molecular formula is C60H56N4O+2.